The molecule has 112 valence electrons. The molecular formula is C16H40Si2. The molecule has 0 bridgehead atoms. The van der Waals surface area contributed by atoms with E-state index in [2.05, 4.69) is 79.3 Å². The molecule has 0 nitrogen and oxygen atoms in total. The number of hydrogen-bond acceptors (Lipinski definition) is 0. The lowest BCUT2D eigenvalue weighted by molar-refractivity contribution is 0.620. The molecule has 0 rings (SSSR count). The molecule has 0 unspecified atom stereocenters. The molecule has 0 aliphatic carbocycles. The molecule has 0 saturated heterocycles. The van der Waals surface area contributed by atoms with Gasteiger partial charge in [0, 0.05) is 8.07 Å². The molecule has 2 heteroatoms. The normalized spacial score (nSPS) is 11.1. The maximum Gasteiger partial charge on any atom is 0.0679 e. The lowest BCUT2D eigenvalue weighted by Crippen LogP contribution is -2.19. The van der Waals surface area contributed by atoms with Crippen LogP contribution >= 0.6 is 0 Å². The van der Waals surface area contributed by atoms with Crippen molar-refractivity contribution in [3.63, 3.8) is 0 Å². The minimum Gasteiger partial charge on any atom is -0.107 e. The summed E-state index contributed by atoms with van der Waals surface area (Å²) in [6, 6.07) is 1.49. The van der Waals surface area contributed by atoms with Gasteiger partial charge in [-0.1, -0.05) is 85.9 Å². The molecule has 0 aliphatic rings. The second kappa shape index (κ2) is 12.2. The molecule has 0 atom stereocenters. The maximum absolute atomic E-state index is 3.69. The largest absolute Gasteiger partial charge is 0.107 e. The zero-order valence-corrected chi connectivity index (χ0v) is 17.0. The lowest BCUT2D eigenvalue weighted by Gasteiger charge is -2.16. The summed E-state index contributed by atoms with van der Waals surface area (Å²) in [6.45, 7) is 26.7. The molecule has 0 aromatic rings. The molecular weight excluding hydrogens is 248 g/mol. The Morgan fingerprint density at radius 2 is 1.22 bits per heavy atom. The van der Waals surface area contributed by atoms with Crippen LogP contribution < -0.4 is 0 Å². The van der Waals surface area contributed by atoms with Gasteiger partial charge >= 0.3 is 0 Å². The van der Waals surface area contributed by atoms with Crippen molar-refractivity contribution >= 4 is 16.1 Å². The summed E-state index contributed by atoms with van der Waals surface area (Å²) in [6.07, 6.45) is 2.68. The van der Waals surface area contributed by atoms with E-state index >= 15 is 0 Å². The molecule has 0 fully saturated rings. The van der Waals surface area contributed by atoms with Crippen LogP contribution in [-0.2, 0) is 0 Å². The quantitative estimate of drug-likeness (QED) is 0.497. The lowest BCUT2D eigenvalue weighted by atomic mass is 10.2. The van der Waals surface area contributed by atoms with Gasteiger partial charge in [0.2, 0.25) is 0 Å². The molecule has 0 aliphatic heterocycles. The van der Waals surface area contributed by atoms with Gasteiger partial charge in [0.15, 0.2) is 0 Å². The number of rotatable bonds is 4. The van der Waals surface area contributed by atoms with Gasteiger partial charge < -0.3 is 0 Å². The Morgan fingerprint density at radius 1 is 0.944 bits per heavy atom. The van der Waals surface area contributed by atoms with Gasteiger partial charge in [0.05, 0.1) is 8.07 Å². The molecule has 18 heavy (non-hydrogen) atoms. The third kappa shape index (κ3) is 44.2. The van der Waals surface area contributed by atoms with Gasteiger partial charge in [0.25, 0.3) is 0 Å². The first-order chi connectivity index (χ1) is 7.89. The van der Waals surface area contributed by atoms with Gasteiger partial charge in [-0.2, -0.15) is 0 Å². The van der Waals surface area contributed by atoms with Crippen molar-refractivity contribution in [3.05, 3.63) is 12.3 Å². The van der Waals surface area contributed by atoms with Crippen LogP contribution in [0.3, 0.4) is 0 Å². The van der Waals surface area contributed by atoms with Crippen LogP contribution in [-0.4, -0.2) is 16.1 Å². The van der Waals surface area contributed by atoms with E-state index in [9.17, 15) is 0 Å². The molecule has 0 saturated carbocycles. The van der Waals surface area contributed by atoms with Gasteiger partial charge in [0.1, 0.15) is 0 Å². The van der Waals surface area contributed by atoms with Gasteiger partial charge in [-0.3, -0.25) is 0 Å². The minimum absolute atomic E-state index is 0.720. The van der Waals surface area contributed by atoms with Gasteiger partial charge in [-0.05, 0) is 5.92 Å². The average molecular weight is 289 g/mol. The zero-order valence-electron chi connectivity index (χ0n) is 15.0. The predicted octanol–water partition coefficient (Wildman–Crippen LogP) is 6.84. The van der Waals surface area contributed by atoms with E-state index < -0.39 is 16.1 Å². The first-order valence-electron chi connectivity index (χ1n) is 7.53. The summed E-state index contributed by atoms with van der Waals surface area (Å²) in [4.78, 5) is 0. The van der Waals surface area contributed by atoms with E-state index in [0.29, 0.717) is 0 Å². The Morgan fingerprint density at radius 3 is 1.28 bits per heavy atom. The van der Waals surface area contributed by atoms with Crippen LogP contribution in [0.2, 0.25) is 45.3 Å². The smallest absolute Gasteiger partial charge is 0.0679 e. The topological polar surface area (TPSA) is 0 Å². The van der Waals surface area contributed by atoms with Crippen molar-refractivity contribution in [3.8, 4) is 0 Å². The molecule has 0 heterocycles. The van der Waals surface area contributed by atoms with Crippen molar-refractivity contribution in [1.82, 2.24) is 0 Å². The van der Waals surface area contributed by atoms with E-state index in [1.54, 1.807) is 0 Å². The molecule has 0 radical (unpaired) electrons. The Hall–Kier alpha value is 0.174. The van der Waals surface area contributed by atoms with Crippen LogP contribution in [0.5, 0.6) is 0 Å². The van der Waals surface area contributed by atoms with Crippen LogP contribution in [0.25, 0.3) is 0 Å². The fourth-order valence-corrected chi connectivity index (χ4v) is 2.17. The minimum atomic E-state index is -0.867. The monoisotopic (exact) mass is 288 g/mol. The summed E-state index contributed by atoms with van der Waals surface area (Å²) in [5.74, 6) is 0.900. The summed E-state index contributed by atoms with van der Waals surface area (Å²) >= 11 is 0. The highest BCUT2D eigenvalue weighted by atomic mass is 28.3. The van der Waals surface area contributed by atoms with Gasteiger partial charge in [-0.25, -0.2) is 0 Å². The molecule has 0 N–H and O–H groups in total. The van der Waals surface area contributed by atoms with Crippen LogP contribution in [0.1, 0.15) is 40.5 Å². The third-order valence-corrected chi connectivity index (χ3v) is 5.10. The fraction of sp³-hybridized carbons (Fsp3) is 0.875. The van der Waals surface area contributed by atoms with Gasteiger partial charge in [-0.15, -0.1) is 12.3 Å². The van der Waals surface area contributed by atoms with E-state index in [0.717, 1.165) is 5.92 Å². The molecule has 0 amide bonds. The average Bonchev–Trinajstić information content (AvgIpc) is 2.15. The molecule has 0 aromatic carbocycles. The van der Waals surface area contributed by atoms with Crippen molar-refractivity contribution < 1.29 is 0 Å². The van der Waals surface area contributed by atoms with Crippen molar-refractivity contribution in [2.24, 2.45) is 5.92 Å². The predicted molar refractivity (Wildman–Crippen MR) is 97.1 cm³/mol. The number of hydrogen-bond donors (Lipinski definition) is 0. The Balaban J connectivity index is -0.000000216. The summed E-state index contributed by atoms with van der Waals surface area (Å²) in [7, 11) is -1.59. The maximum atomic E-state index is 3.69. The first-order valence-corrected chi connectivity index (χ1v) is 14.8. The first kappa shape index (κ1) is 23.3. The fourth-order valence-electron chi connectivity index (χ4n) is 0.722. The SMILES string of the molecule is C=C[Si](C)(C)C.CC(C)CC[Si](C)(C)C.CCC. The standard InChI is InChI=1S/C8H20Si.C5H12Si.C3H8/c1-8(2)6-7-9(3,4)5;1-5-6(2,3)4;1-3-2/h8H,6-7H2,1-5H3;5H,1H2,2-4H3;3H2,1-2H3. The zero-order chi connectivity index (χ0) is 15.4. The Kier molecular flexibility index (Phi) is 15.8. The van der Waals surface area contributed by atoms with E-state index in [1.807, 2.05) is 0 Å². The third-order valence-electron chi connectivity index (χ3n) is 2.08. The van der Waals surface area contributed by atoms with Crippen molar-refractivity contribution in [2.75, 3.05) is 0 Å². The molecule has 0 spiro atoms. The second-order valence-corrected chi connectivity index (χ2v) is 18.5. The second-order valence-electron chi connectivity index (χ2n) is 7.77. The van der Waals surface area contributed by atoms with Crippen molar-refractivity contribution in [2.45, 2.75) is 85.9 Å². The Bertz CT molecular complexity index is 171. The van der Waals surface area contributed by atoms with Crippen molar-refractivity contribution in [1.29, 1.82) is 0 Å². The summed E-state index contributed by atoms with van der Waals surface area (Å²) < 4.78 is 0. The van der Waals surface area contributed by atoms with Crippen LogP contribution in [0.15, 0.2) is 12.3 Å². The van der Waals surface area contributed by atoms with Crippen LogP contribution in [0, 0.1) is 5.92 Å². The summed E-state index contributed by atoms with van der Waals surface area (Å²) in [5.41, 5.74) is 2.08. The summed E-state index contributed by atoms with van der Waals surface area (Å²) in [5, 5.41) is 0. The Labute approximate surface area is 120 Å². The van der Waals surface area contributed by atoms with E-state index in [4.69, 9.17) is 0 Å². The highest BCUT2D eigenvalue weighted by Gasteiger charge is 2.12. The highest BCUT2D eigenvalue weighted by Crippen LogP contribution is 2.15. The van der Waals surface area contributed by atoms with Crippen LogP contribution in [0.4, 0.5) is 0 Å². The van der Waals surface area contributed by atoms with E-state index in [-0.39, 0.29) is 0 Å². The highest BCUT2D eigenvalue weighted by molar-refractivity contribution is 6.80. The molecule has 0 aromatic heterocycles. The van der Waals surface area contributed by atoms with E-state index in [1.165, 1.54) is 18.9 Å².